The van der Waals surface area contributed by atoms with Crippen LogP contribution in [0.2, 0.25) is 10.0 Å². The highest BCUT2D eigenvalue weighted by Crippen LogP contribution is 2.39. The van der Waals surface area contributed by atoms with E-state index in [1.165, 1.54) is 25.0 Å². The first-order valence-corrected chi connectivity index (χ1v) is 55.1. The number of nitrogens with zero attached hydrogens (tertiary/aromatic N) is 14. The highest BCUT2D eigenvalue weighted by molar-refractivity contribution is 9.10. The van der Waals surface area contributed by atoms with Gasteiger partial charge in [0.25, 0.3) is 0 Å². The van der Waals surface area contributed by atoms with E-state index in [9.17, 15) is 33.7 Å². The Labute approximate surface area is 866 Å². The molecular weight excluding hydrogens is 2040 g/mol. The predicted molar refractivity (Wildman–Crippen MR) is 592 cm³/mol. The zero-order valence-electron chi connectivity index (χ0n) is 79.1. The highest BCUT2D eigenvalue weighted by atomic mass is 79.9. The van der Waals surface area contributed by atoms with Crippen molar-refractivity contribution in [2.45, 2.75) is 29.6 Å². The number of pyridine rings is 10. The quantitative estimate of drug-likeness (QED) is 0.0293. The van der Waals surface area contributed by atoms with Gasteiger partial charge in [-0.1, -0.05) is 112 Å². The number of sulfone groups is 4. The van der Waals surface area contributed by atoms with Gasteiger partial charge in [0, 0.05) is 241 Å². The SMILES string of the molecule is CS(=O)(=O)Cc1cncc(-c2ccc3nccc(Nc4ccc(Oc5ccncc5)cc4)c3c2)c1.CS(=O)(=O)Cc1cncc(-c2ccc3nccc(Nc4cccc(Br)c4)c3c2)c1.CS(=O)(=O)Cc1cncc(-c2ccc3nccc(Nc4cncc(Cl)c4)c3c2)c1.CS(=O)(=O)Cc1cncc(-c2ccc3ncnc(NCc4ccccc4)c3c2)c1.Nc1ncc(-c2ccc3nccc(Nc4cccc(Cl)c4)c3c2)cn1. The second-order valence-electron chi connectivity index (χ2n) is 34.3. The van der Waals surface area contributed by atoms with Gasteiger partial charge in [0.1, 0.15) is 23.6 Å². The molecule has 0 aliphatic carbocycles. The summed E-state index contributed by atoms with van der Waals surface area (Å²) in [4.78, 5) is 59.6. The van der Waals surface area contributed by atoms with Crippen molar-refractivity contribution in [2.24, 2.45) is 0 Å². The van der Waals surface area contributed by atoms with Gasteiger partial charge in [0.2, 0.25) is 5.95 Å². The van der Waals surface area contributed by atoms with E-state index >= 15 is 0 Å². The van der Waals surface area contributed by atoms with Crippen LogP contribution in [0.1, 0.15) is 27.8 Å². The van der Waals surface area contributed by atoms with Gasteiger partial charge in [-0.25, -0.2) is 53.6 Å². The number of nitrogens with one attached hydrogen (secondary N) is 5. The first-order chi connectivity index (χ1) is 70.8. The van der Waals surface area contributed by atoms with Crippen molar-refractivity contribution in [3.05, 3.63) is 421 Å². The average molecular weight is 2130 g/mol. The molecule has 0 saturated heterocycles. The van der Waals surface area contributed by atoms with Gasteiger partial charge in [0.05, 0.1) is 67.5 Å². The highest BCUT2D eigenvalue weighted by Gasteiger charge is 2.18. The third kappa shape index (κ3) is 28.9. The Morgan fingerprint density at radius 1 is 0.286 bits per heavy atom. The van der Waals surface area contributed by atoms with Crippen LogP contribution in [0.5, 0.6) is 11.5 Å². The molecule has 0 saturated carbocycles. The predicted octanol–water partition coefficient (Wildman–Crippen LogP) is 24.3. The van der Waals surface area contributed by atoms with Crippen LogP contribution < -0.4 is 37.1 Å². The van der Waals surface area contributed by atoms with Crippen LogP contribution in [0.25, 0.3) is 110 Å². The first-order valence-electron chi connectivity index (χ1n) is 45.4. The Morgan fingerprint density at radius 3 is 1.07 bits per heavy atom. The summed E-state index contributed by atoms with van der Waals surface area (Å²) in [6.45, 7) is 0.655. The van der Waals surface area contributed by atoms with Gasteiger partial charge in [-0.2, -0.15) is 0 Å². The summed E-state index contributed by atoms with van der Waals surface area (Å²) in [5, 5.41) is 23.0. The normalized spacial score (nSPS) is 11.3. The van der Waals surface area contributed by atoms with E-state index in [1.807, 2.05) is 224 Å². The minimum Gasteiger partial charge on any atom is -0.457 e. The Hall–Kier alpha value is -16.6. The lowest BCUT2D eigenvalue weighted by Gasteiger charge is -2.12. The molecule has 0 aliphatic rings. The molecule has 21 aromatic rings. The van der Waals surface area contributed by atoms with Crippen molar-refractivity contribution in [3.8, 4) is 67.1 Å². The lowest BCUT2D eigenvalue weighted by atomic mass is 10.0. The third-order valence-corrected chi connectivity index (χ3v) is 26.7. The topological polar surface area (TPSA) is 412 Å². The van der Waals surface area contributed by atoms with Crippen molar-refractivity contribution >= 4 is 190 Å². The van der Waals surface area contributed by atoms with Crippen LogP contribution in [0, 0.1) is 0 Å². The van der Waals surface area contributed by atoms with Crippen molar-refractivity contribution < 1.29 is 38.4 Å². The maximum Gasteiger partial charge on any atom is 0.219 e. The second kappa shape index (κ2) is 46.4. The van der Waals surface area contributed by atoms with Gasteiger partial charge < -0.3 is 37.1 Å². The average Bonchev–Trinajstić information content (AvgIpc) is 0.801. The molecule has 0 bridgehead atoms. The number of hydrogen-bond acceptors (Lipinski definition) is 29. The molecular formula is C111H91BrCl2N20O9S4. The van der Waals surface area contributed by atoms with E-state index in [0.29, 0.717) is 38.8 Å². The molecule has 29 nitrogen and oxygen atoms in total. The lowest BCUT2D eigenvalue weighted by Crippen LogP contribution is -2.02. The van der Waals surface area contributed by atoms with Crippen LogP contribution in [0.4, 0.5) is 57.3 Å². The minimum atomic E-state index is -3.14. The number of halogens is 3. The second-order valence-corrected chi connectivity index (χ2v) is 44.7. The molecule has 147 heavy (non-hydrogen) atoms. The van der Waals surface area contributed by atoms with Crippen molar-refractivity contribution in [1.82, 2.24) is 69.8 Å². The van der Waals surface area contributed by atoms with Crippen molar-refractivity contribution in [2.75, 3.05) is 57.3 Å². The summed E-state index contributed by atoms with van der Waals surface area (Å²) in [6, 6.07) is 83.6. The van der Waals surface area contributed by atoms with E-state index < -0.39 is 39.3 Å². The first kappa shape index (κ1) is 102. The molecule has 7 N–H and O–H groups in total. The molecule has 0 spiro atoms. The van der Waals surface area contributed by atoms with Gasteiger partial charge >= 0.3 is 0 Å². The third-order valence-electron chi connectivity index (χ3n) is 22.3. The Bertz CT molecular complexity index is 8690. The molecule has 21 rings (SSSR count). The largest absolute Gasteiger partial charge is 0.457 e. The number of benzene rings is 9. The van der Waals surface area contributed by atoms with E-state index in [1.54, 1.807) is 136 Å². The fraction of sp³-hybridized carbons (Fsp3) is 0.0811. The number of rotatable bonds is 26. The summed E-state index contributed by atoms with van der Waals surface area (Å²) in [7, 11) is -12.5. The van der Waals surface area contributed by atoms with Crippen LogP contribution in [-0.4, -0.2) is 128 Å². The summed E-state index contributed by atoms with van der Waals surface area (Å²) in [5.41, 5.74) is 29.9. The number of ether oxygens (including phenoxy) is 1. The standard InChI is InChI=1S/C27H22N4O3S.C22H18BrN3O2S.C22H20N4O2S.C21H17ClN4O2S.C19H14ClN5/c1-35(32,33)18-19-14-21(17-29-16-19)20-2-7-26-25(15-20)27(10-13-30-26)31-22-3-5-23(6-4-22)34-24-8-11-28-12-9-24;1-29(27,28)14-15-9-17(13-24-12-15)16-5-6-21-20(10-16)22(7-8-25-21)26-19-4-2-3-18(23)11-19;1-29(27,28)14-17-9-19(13-23-11-17)18-7-8-21-20(10-18)22(26-15-25-21)24-12-16-5-3-2-4-6-16;1-29(27,28)13-14-6-16(10-23-9-14)15-2-3-20-19(7-15)21(4-5-25-20)26-18-8-17(22)11-24-12-18;20-14-2-1-3-15(9-14)25-18-6-7-22-17-5-4-12(8-16(17)18)13-10-23-19(21)24-11-13/h2-17H,18H2,1H3,(H,30,31);2-13H,14H2,1H3,(H,25,26);2-11,13,15H,12,14H2,1H3,(H,24,25,26);2-12H,13H2,1H3,(H,25,26);1-11H,(H,22,25)(H2,21,23,24). The van der Waals surface area contributed by atoms with E-state index in [0.717, 1.165) is 183 Å². The van der Waals surface area contributed by atoms with Gasteiger partial charge in [0.15, 0.2) is 39.3 Å². The zero-order chi connectivity index (χ0) is 103. The van der Waals surface area contributed by atoms with Gasteiger partial charge in [-0.15, -0.1) is 0 Å². The summed E-state index contributed by atoms with van der Waals surface area (Å²) >= 11 is 15.6. The Morgan fingerprint density at radius 2 is 0.660 bits per heavy atom. The number of fused-ring (bicyclic) bond motifs is 5. The molecule has 0 atom stereocenters. The summed E-state index contributed by atoms with van der Waals surface area (Å²) in [6.07, 6.45) is 36.8. The van der Waals surface area contributed by atoms with Crippen molar-refractivity contribution in [1.29, 1.82) is 0 Å². The molecule has 734 valence electrons. The number of nitrogens with two attached hydrogens (primary N) is 1. The molecule has 0 aliphatic heterocycles. The van der Waals surface area contributed by atoms with E-state index in [2.05, 4.69) is 130 Å². The van der Waals surface area contributed by atoms with Crippen LogP contribution in [0.15, 0.2) is 383 Å². The molecule has 0 amide bonds. The minimum absolute atomic E-state index is 0.0291. The smallest absolute Gasteiger partial charge is 0.219 e. The Kier molecular flexibility index (Phi) is 32.2. The van der Waals surface area contributed by atoms with Crippen LogP contribution >= 0.6 is 39.1 Å². The van der Waals surface area contributed by atoms with Gasteiger partial charge in [-0.3, -0.25) is 49.8 Å². The van der Waals surface area contributed by atoms with Gasteiger partial charge in [-0.05, 0) is 244 Å². The molecule has 0 fully saturated rings. The maximum absolute atomic E-state index is 11.7. The van der Waals surface area contributed by atoms with Crippen LogP contribution in [-0.2, 0) is 68.9 Å². The molecule has 0 unspecified atom stereocenters. The lowest BCUT2D eigenvalue weighted by molar-refractivity contribution is 0.482. The number of nitrogen functional groups attached to an aromatic ring is 1. The molecule has 9 aromatic carbocycles. The summed E-state index contributed by atoms with van der Waals surface area (Å²) < 4.78 is 99.9. The molecule has 12 aromatic heterocycles. The Balaban J connectivity index is 0.000000126. The number of hydrogen-bond donors (Lipinski definition) is 6. The fourth-order valence-electron chi connectivity index (χ4n) is 15.9. The van der Waals surface area contributed by atoms with E-state index in [-0.39, 0.29) is 29.0 Å². The maximum atomic E-state index is 11.7. The van der Waals surface area contributed by atoms with Crippen molar-refractivity contribution in [3.63, 3.8) is 0 Å². The van der Waals surface area contributed by atoms with E-state index in [4.69, 9.17) is 33.7 Å². The number of aromatic nitrogens is 14. The summed E-state index contributed by atoms with van der Waals surface area (Å²) in [5.74, 6) is 2.31. The van der Waals surface area contributed by atoms with Crippen LogP contribution in [0.3, 0.4) is 0 Å². The zero-order valence-corrected chi connectivity index (χ0v) is 85.5. The molecule has 12 heterocycles. The fourth-order valence-corrected chi connectivity index (χ4v) is 19.7. The molecule has 36 heteroatoms. The monoisotopic (exact) mass is 2120 g/mol. The molecule has 0 radical (unpaired) electrons. The number of anilines is 10.